The zero-order valence-corrected chi connectivity index (χ0v) is 18.8. The van der Waals surface area contributed by atoms with Gasteiger partial charge in [-0.25, -0.2) is 4.99 Å². The second-order valence-electron chi connectivity index (χ2n) is 8.61. The Labute approximate surface area is 182 Å². The van der Waals surface area contributed by atoms with Gasteiger partial charge in [0.2, 0.25) is 5.91 Å². The summed E-state index contributed by atoms with van der Waals surface area (Å²) in [6.45, 7) is 6.47. The van der Waals surface area contributed by atoms with Crippen LogP contribution in [0.2, 0.25) is 0 Å². The number of hydrogen-bond acceptors (Lipinski definition) is 3. The van der Waals surface area contributed by atoms with Crippen LogP contribution in [0, 0.1) is 0 Å². The van der Waals surface area contributed by atoms with Gasteiger partial charge in [0.1, 0.15) is 0 Å². The number of likely N-dealkylation sites (tertiary alicyclic amines) is 1. The summed E-state index contributed by atoms with van der Waals surface area (Å²) in [7, 11) is 2.26. The molecule has 1 aliphatic heterocycles. The van der Waals surface area contributed by atoms with Gasteiger partial charge in [-0.2, -0.15) is 0 Å². The number of guanidine groups is 1. The molecule has 0 atom stereocenters. The van der Waals surface area contributed by atoms with Crippen molar-refractivity contribution in [1.82, 2.24) is 20.4 Å². The van der Waals surface area contributed by atoms with E-state index < -0.39 is 0 Å². The molecule has 1 amide bonds. The fourth-order valence-electron chi connectivity index (χ4n) is 4.53. The van der Waals surface area contributed by atoms with Crippen molar-refractivity contribution in [2.75, 3.05) is 33.2 Å². The van der Waals surface area contributed by atoms with Gasteiger partial charge in [0.05, 0.1) is 13.1 Å². The summed E-state index contributed by atoms with van der Waals surface area (Å²) in [4.78, 5) is 21.5. The molecule has 30 heavy (non-hydrogen) atoms. The van der Waals surface area contributed by atoms with Crippen LogP contribution in [0.4, 0.5) is 0 Å². The summed E-state index contributed by atoms with van der Waals surface area (Å²) in [5, 5.41) is 6.49. The molecule has 0 bridgehead atoms. The largest absolute Gasteiger partial charge is 0.357 e. The first kappa shape index (κ1) is 22.6. The van der Waals surface area contributed by atoms with Crippen LogP contribution >= 0.6 is 0 Å². The second-order valence-corrected chi connectivity index (χ2v) is 8.61. The van der Waals surface area contributed by atoms with Crippen LogP contribution in [0.5, 0.6) is 0 Å². The monoisotopic (exact) mass is 413 g/mol. The van der Waals surface area contributed by atoms with Crippen LogP contribution in [0.1, 0.15) is 63.0 Å². The highest BCUT2D eigenvalue weighted by molar-refractivity contribution is 5.86. The fourth-order valence-corrected chi connectivity index (χ4v) is 4.53. The number of aliphatic imine (C=N–C) groups is 1. The molecule has 6 nitrogen and oxygen atoms in total. The molecule has 0 radical (unpaired) electrons. The van der Waals surface area contributed by atoms with Gasteiger partial charge < -0.3 is 15.5 Å². The van der Waals surface area contributed by atoms with Gasteiger partial charge in [-0.15, -0.1) is 0 Å². The number of hydrogen-bond donors (Lipinski definition) is 2. The molecule has 1 saturated carbocycles. The molecule has 0 spiro atoms. The Morgan fingerprint density at radius 1 is 1.07 bits per heavy atom. The van der Waals surface area contributed by atoms with Gasteiger partial charge in [-0.3, -0.25) is 9.69 Å². The van der Waals surface area contributed by atoms with Crippen molar-refractivity contribution in [2.24, 2.45) is 4.99 Å². The first-order valence-electron chi connectivity index (χ1n) is 11.7. The standard InChI is InChI=1S/C24H39N5O/c1-3-25-24(27-18-23(30)29-15-9-10-16-29)26-17-20-11-7-8-12-21(20)19-28(2)22-13-5-4-6-14-22/h7-8,11-12,22H,3-6,9-10,13-19H2,1-2H3,(H2,25,26,27). The van der Waals surface area contributed by atoms with Gasteiger partial charge >= 0.3 is 0 Å². The first-order valence-corrected chi connectivity index (χ1v) is 11.7. The Kier molecular flexibility index (Phi) is 9.00. The molecule has 166 valence electrons. The van der Waals surface area contributed by atoms with E-state index in [-0.39, 0.29) is 5.91 Å². The summed E-state index contributed by atoms with van der Waals surface area (Å²) in [6.07, 6.45) is 8.96. The first-order chi connectivity index (χ1) is 14.7. The van der Waals surface area contributed by atoms with Crippen molar-refractivity contribution in [1.29, 1.82) is 0 Å². The van der Waals surface area contributed by atoms with Crippen molar-refractivity contribution >= 4 is 11.9 Å². The Balaban J connectivity index is 1.58. The normalized spacial score (nSPS) is 18.1. The summed E-state index contributed by atoms with van der Waals surface area (Å²) in [6, 6.07) is 9.31. The number of carbonyl (C=O) groups is 1. The maximum atomic E-state index is 12.3. The van der Waals surface area contributed by atoms with E-state index in [1.807, 2.05) is 11.8 Å². The van der Waals surface area contributed by atoms with Gasteiger partial charge in [-0.1, -0.05) is 43.5 Å². The minimum absolute atomic E-state index is 0.160. The predicted octanol–water partition coefficient (Wildman–Crippen LogP) is 3.13. The van der Waals surface area contributed by atoms with Crippen LogP contribution in [0.3, 0.4) is 0 Å². The molecule has 0 aromatic heterocycles. The fraction of sp³-hybridized carbons (Fsp3) is 0.667. The van der Waals surface area contributed by atoms with E-state index in [1.165, 1.54) is 43.2 Å². The van der Waals surface area contributed by atoms with E-state index in [9.17, 15) is 4.79 Å². The average Bonchev–Trinajstić information content (AvgIpc) is 3.32. The predicted molar refractivity (Wildman–Crippen MR) is 123 cm³/mol. The molecule has 3 rings (SSSR count). The van der Waals surface area contributed by atoms with Crippen molar-refractivity contribution in [3.05, 3.63) is 35.4 Å². The van der Waals surface area contributed by atoms with E-state index in [0.717, 1.165) is 39.0 Å². The van der Waals surface area contributed by atoms with Gasteiger partial charge in [0.15, 0.2) is 5.96 Å². The molecule has 1 aromatic rings. The minimum Gasteiger partial charge on any atom is -0.357 e. The summed E-state index contributed by atoms with van der Waals surface area (Å²) < 4.78 is 0. The van der Waals surface area contributed by atoms with E-state index in [1.54, 1.807) is 0 Å². The molecule has 1 aliphatic carbocycles. The number of rotatable bonds is 8. The highest BCUT2D eigenvalue weighted by Crippen LogP contribution is 2.23. The Morgan fingerprint density at radius 3 is 2.47 bits per heavy atom. The number of carbonyl (C=O) groups excluding carboxylic acids is 1. The molecule has 2 fully saturated rings. The summed E-state index contributed by atoms with van der Waals surface area (Å²) in [5.74, 6) is 0.869. The molecule has 1 aromatic carbocycles. The topological polar surface area (TPSA) is 60.0 Å². The van der Waals surface area contributed by atoms with Gasteiger partial charge in [0.25, 0.3) is 0 Å². The lowest BCUT2D eigenvalue weighted by Crippen LogP contribution is -2.44. The lowest BCUT2D eigenvalue weighted by molar-refractivity contribution is -0.128. The molecular weight excluding hydrogens is 374 g/mol. The Morgan fingerprint density at radius 2 is 1.77 bits per heavy atom. The molecule has 1 saturated heterocycles. The minimum atomic E-state index is 0.160. The van der Waals surface area contributed by atoms with E-state index in [2.05, 4.69) is 46.8 Å². The smallest absolute Gasteiger partial charge is 0.241 e. The number of nitrogens with zero attached hydrogens (tertiary/aromatic N) is 3. The third kappa shape index (κ3) is 6.73. The molecular formula is C24H39N5O. The van der Waals surface area contributed by atoms with Crippen molar-refractivity contribution in [3.8, 4) is 0 Å². The van der Waals surface area contributed by atoms with Crippen molar-refractivity contribution in [3.63, 3.8) is 0 Å². The molecule has 6 heteroatoms. The third-order valence-electron chi connectivity index (χ3n) is 6.35. The zero-order chi connectivity index (χ0) is 21.2. The van der Waals surface area contributed by atoms with Crippen LogP contribution < -0.4 is 10.6 Å². The van der Waals surface area contributed by atoms with E-state index in [4.69, 9.17) is 4.99 Å². The Hall–Kier alpha value is -2.08. The van der Waals surface area contributed by atoms with Crippen molar-refractivity contribution < 1.29 is 4.79 Å². The SMILES string of the molecule is CCNC(=NCc1ccccc1CN(C)C1CCCCC1)NCC(=O)N1CCCC1. The van der Waals surface area contributed by atoms with Crippen LogP contribution in [-0.2, 0) is 17.9 Å². The number of benzene rings is 1. The molecule has 1 heterocycles. The molecule has 2 aliphatic rings. The maximum absolute atomic E-state index is 12.3. The zero-order valence-electron chi connectivity index (χ0n) is 18.8. The van der Waals surface area contributed by atoms with Crippen LogP contribution in [-0.4, -0.2) is 60.9 Å². The van der Waals surface area contributed by atoms with Crippen LogP contribution in [0.25, 0.3) is 0 Å². The lowest BCUT2D eigenvalue weighted by Gasteiger charge is -2.31. The van der Waals surface area contributed by atoms with Crippen molar-refractivity contribution in [2.45, 2.75) is 71.0 Å². The Bertz CT molecular complexity index is 693. The van der Waals surface area contributed by atoms with E-state index in [0.29, 0.717) is 25.1 Å². The van der Waals surface area contributed by atoms with Gasteiger partial charge in [0, 0.05) is 32.2 Å². The quantitative estimate of drug-likeness (QED) is 0.508. The number of nitrogens with one attached hydrogen (secondary N) is 2. The number of amides is 1. The third-order valence-corrected chi connectivity index (χ3v) is 6.35. The molecule has 2 N–H and O–H groups in total. The van der Waals surface area contributed by atoms with E-state index >= 15 is 0 Å². The van der Waals surface area contributed by atoms with Crippen LogP contribution in [0.15, 0.2) is 29.3 Å². The highest BCUT2D eigenvalue weighted by atomic mass is 16.2. The maximum Gasteiger partial charge on any atom is 0.241 e. The summed E-state index contributed by atoms with van der Waals surface area (Å²) in [5.41, 5.74) is 2.60. The lowest BCUT2D eigenvalue weighted by atomic mass is 9.94. The molecule has 0 unspecified atom stereocenters. The second kappa shape index (κ2) is 11.9. The average molecular weight is 414 g/mol. The highest BCUT2D eigenvalue weighted by Gasteiger charge is 2.19. The summed E-state index contributed by atoms with van der Waals surface area (Å²) >= 11 is 0. The van der Waals surface area contributed by atoms with Gasteiger partial charge in [-0.05, 0) is 50.8 Å².